The number of pyridine rings is 1. The summed E-state index contributed by atoms with van der Waals surface area (Å²) in [6.45, 7) is 0.356. The van der Waals surface area contributed by atoms with Gasteiger partial charge in [-0.3, -0.25) is 9.78 Å². The molecule has 0 saturated carbocycles. The number of rotatable bonds is 3. The van der Waals surface area contributed by atoms with Crippen molar-refractivity contribution in [3.8, 4) is 0 Å². The van der Waals surface area contributed by atoms with E-state index in [-0.39, 0.29) is 5.91 Å². The second-order valence-corrected chi connectivity index (χ2v) is 4.35. The number of carbonyl (C=O) groups is 1. The topological polar surface area (TPSA) is 72.1 Å². The van der Waals surface area contributed by atoms with Gasteiger partial charge in [0.2, 0.25) is 0 Å². The number of hydrogen-bond donors (Lipinski definition) is 1. The molecule has 88 valence electrons. The number of hydrogen-bond acceptors (Lipinski definition) is 5. The Morgan fingerprint density at radius 2 is 2.41 bits per heavy atom. The van der Waals surface area contributed by atoms with E-state index < -0.39 is 0 Å². The van der Waals surface area contributed by atoms with Crippen molar-refractivity contribution in [2.24, 2.45) is 5.73 Å². The van der Waals surface area contributed by atoms with E-state index in [0.29, 0.717) is 12.2 Å². The highest BCUT2D eigenvalue weighted by Crippen LogP contribution is 2.15. The Kier molecular flexibility index (Phi) is 3.46. The van der Waals surface area contributed by atoms with Gasteiger partial charge in [-0.25, -0.2) is 4.98 Å². The van der Waals surface area contributed by atoms with E-state index in [9.17, 15) is 4.79 Å². The maximum Gasteiger partial charge on any atom is 0.277 e. The molecule has 2 N–H and O–H groups in total. The molecule has 2 aromatic rings. The summed E-state index contributed by atoms with van der Waals surface area (Å²) < 4.78 is 0. The molecule has 0 atom stereocenters. The summed E-state index contributed by atoms with van der Waals surface area (Å²) in [6, 6.07) is 3.60. The van der Waals surface area contributed by atoms with E-state index in [4.69, 9.17) is 5.73 Å². The first-order valence-corrected chi connectivity index (χ1v) is 5.93. The number of thiazole rings is 1. The van der Waals surface area contributed by atoms with E-state index in [1.54, 1.807) is 30.9 Å². The minimum absolute atomic E-state index is 0.158. The molecule has 0 spiro atoms. The van der Waals surface area contributed by atoms with Crippen molar-refractivity contribution in [1.29, 1.82) is 0 Å². The molecule has 17 heavy (non-hydrogen) atoms. The Labute approximate surface area is 103 Å². The molecule has 0 bridgehead atoms. The molecular weight excluding hydrogens is 236 g/mol. The number of anilines is 1. The molecule has 2 aromatic heterocycles. The van der Waals surface area contributed by atoms with E-state index in [1.165, 1.54) is 16.2 Å². The second kappa shape index (κ2) is 5.03. The van der Waals surface area contributed by atoms with E-state index >= 15 is 0 Å². The highest BCUT2D eigenvalue weighted by Gasteiger charge is 2.16. The van der Waals surface area contributed by atoms with Crippen molar-refractivity contribution in [3.63, 3.8) is 0 Å². The molecule has 6 heteroatoms. The van der Waals surface area contributed by atoms with Crippen LogP contribution in [0, 0.1) is 0 Å². The monoisotopic (exact) mass is 248 g/mol. The molecular formula is C11H12N4OS. The first kappa shape index (κ1) is 11.7. The fourth-order valence-electron chi connectivity index (χ4n) is 1.34. The summed E-state index contributed by atoms with van der Waals surface area (Å²) in [4.78, 5) is 21.7. The van der Waals surface area contributed by atoms with Crippen molar-refractivity contribution in [1.82, 2.24) is 9.97 Å². The van der Waals surface area contributed by atoms with Crippen molar-refractivity contribution in [2.45, 2.75) is 6.54 Å². The lowest BCUT2D eigenvalue weighted by Crippen LogP contribution is -2.26. The molecule has 0 radical (unpaired) electrons. The van der Waals surface area contributed by atoms with Crippen molar-refractivity contribution < 1.29 is 4.79 Å². The van der Waals surface area contributed by atoms with Crippen LogP contribution >= 0.6 is 11.3 Å². The van der Waals surface area contributed by atoms with Gasteiger partial charge < -0.3 is 10.6 Å². The summed E-state index contributed by atoms with van der Waals surface area (Å²) >= 11 is 1.39. The SMILES string of the molecule is CN(C(=O)c1csc(CN)n1)c1cccnc1. The van der Waals surface area contributed by atoms with Crippen molar-refractivity contribution in [2.75, 3.05) is 11.9 Å². The van der Waals surface area contributed by atoms with Crippen LogP contribution < -0.4 is 10.6 Å². The fraction of sp³-hybridized carbons (Fsp3) is 0.182. The average molecular weight is 248 g/mol. The molecule has 2 heterocycles. The molecule has 0 saturated heterocycles. The van der Waals surface area contributed by atoms with Gasteiger partial charge in [-0.15, -0.1) is 11.3 Å². The first-order chi connectivity index (χ1) is 8.22. The third-order valence-electron chi connectivity index (χ3n) is 2.28. The summed E-state index contributed by atoms with van der Waals surface area (Å²) in [7, 11) is 1.70. The van der Waals surface area contributed by atoms with Gasteiger partial charge in [0.1, 0.15) is 10.7 Å². The van der Waals surface area contributed by atoms with E-state index in [0.717, 1.165) is 10.7 Å². The molecule has 0 fully saturated rings. The molecule has 1 amide bonds. The van der Waals surface area contributed by atoms with Crippen LogP contribution in [0.5, 0.6) is 0 Å². The Bertz CT molecular complexity index is 511. The predicted molar refractivity (Wildman–Crippen MR) is 67.0 cm³/mol. The van der Waals surface area contributed by atoms with Crippen LogP contribution in [0.2, 0.25) is 0 Å². The first-order valence-electron chi connectivity index (χ1n) is 5.05. The predicted octanol–water partition coefficient (Wildman–Crippen LogP) is 1.27. The molecule has 0 aliphatic heterocycles. The molecule has 5 nitrogen and oxygen atoms in total. The number of nitrogens with zero attached hydrogens (tertiary/aromatic N) is 3. The Balaban J connectivity index is 2.20. The average Bonchev–Trinajstić information content (AvgIpc) is 2.87. The molecule has 2 rings (SSSR count). The Hall–Kier alpha value is -1.79. The molecule has 0 aliphatic rings. The number of amides is 1. The van der Waals surface area contributed by atoms with Crippen LogP contribution in [-0.2, 0) is 6.54 Å². The van der Waals surface area contributed by atoms with Crippen LogP contribution in [0.1, 0.15) is 15.5 Å². The van der Waals surface area contributed by atoms with Crippen LogP contribution in [0.3, 0.4) is 0 Å². The van der Waals surface area contributed by atoms with Crippen molar-refractivity contribution in [3.05, 3.63) is 40.6 Å². The van der Waals surface area contributed by atoms with Crippen LogP contribution in [-0.4, -0.2) is 22.9 Å². The number of carbonyl (C=O) groups excluding carboxylic acids is 1. The zero-order chi connectivity index (χ0) is 12.3. The lowest BCUT2D eigenvalue weighted by molar-refractivity contribution is 0.0988. The highest BCUT2D eigenvalue weighted by molar-refractivity contribution is 7.09. The van der Waals surface area contributed by atoms with Crippen LogP contribution in [0.15, 0.2) is 29.9 Å². The fourth-order valence-corrected chi connectivity index (χ4v) is 1.99. The smallest absolute Gasteiger partial charge is 0.277 e. The Morgan fingerprint density at radius 1 is 1.59 bits per heavy atom. The third-order valence-corrected chi connectivity index (χ3v) is 3.15. The van der Waals surface area contributed by atoms with Gasteiger partial charge in [0.25, 0.3) is 5.91 Å². The summed E-state index contributed by atoms with van der Waals surface area (Å²) in [5.74, 6) is -0.158. The largest absolute Gasteiger partial charge is 0.325 e. The highest BCUT2D eigenvalue weighted by atomic mass is 32.1. The van der Waals surface area contributed by atoms with Gasteiger partial charge in [-0.2, -0.15) is 0 Å². The minimum atomic E-state index is -0.158. The maximum atomic E-state index is 12.1. The Morgan fingerprint density at radius 3 is 3.00 bits per heavy atom. The van der Waals surface area contributed by atoms with Crippen molar-refractivity contribution >= 4 is 22.9 Å². The number of aromatic nitrogens is 2. The van der Waals surface area contributed by atoms with E-state index in [1.807, 2.05) is 6.07 Å². The second-order valence-electron chi connectivity index (χ2n) is 3.41. The summed E-state index contributed by atoms with van der Waals surface area (Å²) in [6.07, 6.45) is 3.30. The number of nitrogens with two attached hydrogens (primary N) is 1. The lowest BCUT2D eigenvalue weighted by atomic mass is 10.3. The maximum absolute atomic E-state index is 12.1. The van der Waals surface area contributed by atoms with Gasteiger partial charge in [-0.05, 0) is 12.1 Å². The third kappa shape index (κ3) is 2.48. The van der Waals surface area contributed by atoms with Gasteiger partial charge in [0.15, 0.2) is 0 Å². The van der Waals surface area contributed by atoms with Gasteiger partial charge >= 0.3 is 0 Å². The molecule has 0 aromatic carbocycles. The van der Waals surface area contributed by atoms with Crippen LogP contribution in [0.25, 0.3) is 0 Å². The summed E-state index contributed by atoms with van der Waals surface area (Å²) in [5.41, 5.74) is 6.62. The standard InChI is InChI=1S/C11H12N4OS/c1-15(8-3-2-4-13-6-8)11(16)9-7-17-10(5-12)14-9/h2-4,6-7H,5,12H2,1H3. The molecule has 0 unspecified atom stereocenters. The zero-order valence-electron chi connectivity index (χ0n) is 9.33. The van der Waals surface area contributed by atoms with Crippen LogP contribution in [0.4, 0.5) is 5.69 Å². The minimum Gasteiger partial charge on any atom is -0.325 e. The van der Waals surface area contributed by atoms with Gasteiger partial charge in [0.05, 0.1) is 11.9 Å². The van der Waals surface area contributed by atoms with Gasteiger partial charge in [0, 0.05) is 25.2 Å². The quantitative estimate of drug-likeness (QED) is 0.888. The zero-order valence-corrected chi connectivity index (χ0v) is 10.1. The van der Waals surface area contributed by atoms with E-state index in [2.05, 4.69) is 9.97 Å². The summed E-state index contributed by atoms with van der Waals surface area (Å²) in [5, 5.41) is 2.48. The van der Waals surface area contributed by atoms with Gasteiger partial charge in [-0.1, -0.05) is 0 Å². The molecule has 0 aliphatic carbocycles. The lowest BCUT2D eigenvalue weighted by Gasteiger charge is -2.14. The normalized spacial score (nSPS) is 10.2.